The number of carboxylic acid groups (broad SMARTS) is 1. The van der Waals surface area contributed by atoms with Gasteiger partial charge >= 0.3 is 5.97 Å². The Labute approximate surface area is 61.9 Å². The van der Waals surface area contributed by atoms with E-state index in [1.165, 1.54) is 0 Å². The van der Waals surface area contributed by atoms with Crippen molar-refractivity contribution in [2.24, 2.45) is 0 Å². The summed E-state index contributed by atoms with van der Waals surface area (Å²) in [6.45, 7) is 0. The minimum atomic E-state index is -1.18. The molecule has 0 unspecified atom stereocenters. The summed E-state index contributed by atoms with van der Waals surface area (Å²) in [4.78, 5) is 17.2. The molecule has 0 amide bonds. The summed E-state index contributed by atoms with van der Waals surface area (Å²) in [7, 11) is 0. The zero-order valence-corrected chi connectivity index (χ0v) is 5.48. The van der Waals surface area contributed by atoms with Gasteiger partial charge in [-0.2, -0.15) is 4.98 Å². The zero-order chi connectivity index (χ0) is 8.43. The number of rotatable bonds is 1. The van der Waals surface area contributed by atoms with Crippen LogP contribution in [-0.4, -0.2) is 21.0 Å². The smallest absolute Gasteiger partial charge is 0.354 e. The fourth-order valence-electron chi connectivity index (χ4n) is 0.595. The topological polar surface area (TPSA) is 115 Å². The Kier molecular flexibility index (Phi) is 1.59. The Hall–Kier alpha value is -1.85. The van der Waals surface area contributed by atoms with Gasteiger partial charge < -0.3 is 16.6 Å². The predicted octanol–water partition coefficient (Wildman–Crippen LogP) is -0.661. The molecule has 0 aromatic carbocycles. The third-order valence-corrected chi connectivity index (χ3v) is 0.982. The van der Waals surface area contributed by atoms with Crippen LogP contribution in [0.15, 0.2) is 6.07 Å². The van der Waals surface area contributed by atoms with Crippen LogP contribution < -0.4 is 11.5 Å². The van der Waals surface area contributed by atoms with Gasteiger partial charge in [0.1, 0.15) is 5.82 Å². The van der Waals surface area contributed by atoms with E-state index in [-0.39, 0.29) is 17.5 Å². The average Bonchev–Trinajstić information content (AvgIpc) is 1.85. The lowest BCUT2D eigenvalue weighted by atomic mass is 10.4. The van der Waals surface area contributed by atoms with Crippen molar-refractivity contribution in [2.45, 2.75) is 0 Å². The van der Waals surface area contributed by atoms with Crippen LogP contribution in [0.25, 0.3) is 0 Å². The second-order valence-electron chi connectivity index (χ2n) is 1.84. The number of aromatic nitrogens is 2. The number of nitrogens with two attached hydrogens (primary N) is 2. The van der Waals surface area contributed by atoms with Crippen molar-refractivity contribution in [2.75, 3.05) is 11.5 Å². The molecule has 1 heterocycles. The summed E-state index contributed by atoms with van der Waals surface area (Å²) in [5.74, 6) is -1.26. The first-order valence-electron chi connectivity index (χ1n) is 2.73. The average molecular weight is 154 g/mol. The van der Waals surface area contributed by atoms with Gasteiger partial charge in [-0.3, -0.25) is 0 Å². The van der Waals surface area contributed by atoms with Crippen LogP contribution in [0.5, 0.6) is 0 Å². The monoisotopic (exact) mass is 154 g/mol. The number of carboxylic acids is 1. The Morgan fingerprint density at radius 1 is 1.45 bits per heavy atom. The fourth-order valence-corrected chi connectivity index (χ4v) is 0.595. The van der Waals surface area contributed by atoms with Crippen molar-refractivity contribution in [3.8, 4) is 0 Å². The minimum Gasteiger partial charge on any atom is -0.477 e. The molecule has 0 fully saturated rings. The van der Waals surface area contributed by atoms with Crippen molar-refractivity contribution in [1.82, 2.24) is 9.97 Å². The number of nitrogen functional groups attached to an aromatic ring is 2. The molecule has 11 heavy (non-hydrogen) atoms. The predicted molar refractivity (Wildman–Crippen MR) is 37.8 cm³/mol. The van der Waals surface area contributed by atoms with Crippen molar-refractivity contribution in [1.29, 1.82) is 0 Å². The summed E-state index contributed by atoms with van der Waals surface area (Å²) in [5.41, 5.74) is 10.1. The molecule has 0 saturated carbocycles. The lowest BCUT2D eigenvalue weighted by Crippen LogP contribution is -2.06. The maximum Gasteiger partial charge on any atom is 0.354 e. The first-order chi connectivity index (χ1) is 5.09. The van der Waals surface area contributed by atoms with Crippen molar-refractivity contribution >= 4 is 17.7 Å². The largest absolute Gasteiger partial charge is 0.477 e. The Morgan fingerprint density at radius 2 is 2.09 bits per heavy atom. The van der Waals surface area contributed by atoms with Crippen LogP contribution in [0.3, 0.4) is 0 Å². The van der Waals surface area contributed by atoms with Gasteiger partial charge in [0.15, 0.2) is 5.69 Å². The van der Waals surface area contributed by atoms with E-state index in [1.54, 1.807) is 0 Å². The lowest BCUT2D eigenvalue weighted by Gasteiger charge is -1.96. The number of anilines is 2. The van der Waals surface area contributed by atoms with E-state index in [0.717, 1.165) is 6.07 Å². The molecule has 0 aliphatic heterocycles. The number of hydrogen-bond acceptors (Lipinski definition) is 5. The van der Waals surface area contributed by atoms with E-state index in [0.29, 0.717) is 0 Å². The number of carbonyl (C=O) groups is 1. The fraction of sp³-hybridized carbons (Fsp3) is 0. The number of hydrogen-bond donors (Lipinski definition) is 3. The van der Waals surface area contributed by atoms with Crippen molar-refractivity contribution in [3.63, 3.8) is 0 Å². The van der Waals surface area contributed by atoms with E-state index >= 15 is 0 Å². The van der Waals surface area contributed by atoms with Crippen LogP contribution in [-0.2, 0) is 0 Å². The Bertz CT molecular complexity index is 278. The van der Waals surface area contributed by atoms with Gasteiger partial charge in [0, 0.05) is 6.07 Å². The third-order valence-electron chi connectivity index (χ3n) is 0.982. The maximum absolute atomic E-state index is 10.3. The quantitative estimate of drug-likeness (QED) is 0.494. The highest BCUT2D eigenvalue weighted by molar-refractivity contribution is 5.86. The molecule has 6 nitrogen and oxygen atoms in total. The van der Waals surface area contributed by atoms with Gasteiger partial charge in [0.2, 0.25) is 5.95 Å². The van der Waals surface area contributed by atoms with Gasteiger partial charge in [-0.1, -0.05) is 0 Å². The molecule has 0 atom stereocenters. The van der Waals surface area contributed by atoms with E-state index in [4.69, 9.17) is 16.6 Å². The second-order valence-corrected chi connectivity index (χ2v) is 1.84. The molecule has 0 aliphatic rings. The molecule has 1 aromatic heterocycles. The molecule has 6 heteroatoms. The Morgan fingerprint density at radius 3 is 2.55 bits per heavy atom. The maximum atomic E-state index is 10.3. The van der Waals surface area contributed by atoms with E-state index in [1.807, 2.05) is 0 Å². The third kappa shape index (κ3) is 1.54. The minimum absolute atomic E-state index is 0.0508. The van der Waals surface area contributed by atoms with Gasteiger partial charge in [-0.15, -0.1) is 0 Å². The summed E-state index contributed by atoms with van der Waals surface area (Å²) in [6.07, 6.45) is 0. The van der Waals surface area contributed by atoms with E-state index in [9.17, 15) is 4.79 Å². The summed E-state index contributed by atoms with van der Waals surface area (Å²) >= 11 is 0. The molecule has 5 N–H and O–H groups in total. The van der Waals surface area contributed by atoms with Crippen LogP contribution in [0, 0.1) is 0 Å². The second kappa shape index (κ2) is 2.41. The van der Waals surface area contributed by atoms with Crippen LogP contribution in [0.2, 0.25) is 0 Å². The molecular weight excluding hydrogens is 148 g/mol. The van der Waals surface area contributed by atoms with Crippen LogP contribution >= 0.6 is 0 Å². The lowest BCUT2D eigenvalue weighted by molar-refractivity contribution is 0.0690. The standard InChI is InChI=1S/C5H6N4O2/c6-3-1-2(4(10)11)8-5(7)9-3/h1H,(H,10,11)(H4,6,7,8,9). The highest BCUT2D eigenvalue weighted by Gasteiger charge is 2.06. The SMILES string of the molecule is Nc1cc(C(=O)O)nc(N)n1. The molecule has 0 aliphatic carbocycles. The summed E-state index contributed by atoms with van der Waals surface area (Å²) in [5, 5.41) is 8.43. The molecule has 0 radical (unpaired) electrons. The van der Waals surface area contributed by atoms with Gasteiger partial charge in [0.25, 0.3) is 0 Å². The van der Waals surface area contributed by atoms with Gasteiger partial charge in [-0.05, 0) is 0 Å². The van der Waals surface area contributed by atoms with Crippen molar-refractivity contribution < 1.29 is 9.90 Å². The molecule has 1 rings (SSSR count). The number of nitrogens with zero attached hydrogens (tertiary/aromatic N) is 2. The highest BCUT2D eigenvalue weighted by Crippen LogP contribution is 2.03. The van der Waals surface area contributed by atoms with E-state index < -0.39 is 5.97 Å². The summed E-state index contributed by atoms with van der Waals surface area (Å²) in [6, 6.07) is 1.14. The normalized spacial score (nSPS) is 9.45. The molecule has 1 aromatic rings. The molecular formula is C5H6N4O2. The zero-order valence-electron chi connectivity index (χ0n) is 5.48. The molecule has 58 valence electrons. The first kappa shape index (κ1) is 7.26. The highest BCUT2D eigenvalue weighted by atomic mass is 16.4. The molecule has 0 spiro atoms. The van der Waals surface area contributed by atoms with Gasteiger partial charge in [-0.25, -0.2) is 9.78 Å². The van der Waals surface area contributed by atoms with Crippen LogP contribution in [0.1, 0.15) is 10.5 Å². The van der Waals surface area contributed by atoms with Crippen molar-refractivity contribution in [3.05, 3.63) is 11.8 Å². The first-order valence-corrected chi connectivity index (χ1v) is 2.73. The molecule has 0 bridgehead atoms. The van der Waals surface area contributed by atoms with E-state index in [2.05, 4.69) is 9.97 Å². The van der Waals surface area contributed by atoms with Crippen LogP contribution in [0.4, 0.5) is 11.8 Å². The number of aromatic carboxylic acids is 1. The Balaban J connectivity index is 3.19. The summed E-state index contributed by atoms with van der Waals surface area (Å²) < 4.78 is 0. The van der Waals surface area contributed by atoms with Gasteiger partial charge in [0.05, 0.1) is 0 Å². The molecule has 0 saturated heterocycles.